The molecule has 0 radical (unpaired) electrons. The van der Waals surface area contributed by atoms with E-state index in [1.807, 2.05) is 0 Å². The third-order valence-corrected chi connectivity index (χ3v) is 9.29. The Hall–Kier alpha value is -3.64. The molecule has 0 amide bonds. The highest BCUT2D eigenvalue weighted by Gasteiger charge is 2.94. The number of carbonyl (C=O) groups is 1. The van der Waals surface area contributed by atoms with Crippen LogP contribution in [0.25, 0.3) is 0 Å². The van der Waals surface area contributed by atoms with Gasteiger partial charge in [0.25, 0.3) is 0 Å². The summed E-state index contributed by atoms with van der Waals surface area (Å²) < 4.78 is 225. The van der Waals surface area contributed by atoms with Crippen LogP contribution in [-0.2, 0) is 8.98 Å². The lowest BCUT2D eigenvalue weighted by molar-refractivity contribution is -0.450. The Kier molecular flexibility index (Phi) is 9.00. The average Bonchev–Trinajstić information content (AvgIpc) is 2.96. The number of carbonyl (C=O) groups excluding carboxylic acids is 1. The van der Waals surface area contributed by atoms with Gasteiger partial charge in [-0.3, -0.25) is 0 Å². The van der Waals surface area contributed by atoms with E-state index in [0.29, 0.717) is 12.1 Å². The quantitative estimate of drug-likeness (QED) is 0.198. The molecule has 0 saturated carbocycles. The molecule has 3 aromatic carbocycles. The van der Waals surface area contributed by atoms with E-state index in [-0.39, 0.29) is 9.79 Å². The van der Waals surface area contributed by atoms with Crippen molar-refractivity contribution < 1.29 is 79.2 Å². The molecule has 0 aliphatic carbocycles. The fourth-order valence-corrected chi connectivity index (χ4v) is 6.70. The maximum atomic E-state index is 14.9. The van der Waals surface area contributed by atoms with Crippen molar-refractivity contribution in [3.8, 4) is 0 Å². The lowest BCUT2D eigenvalue weighted by Gasteiger charge is -2.43. The van der Waals surface area contributed by atoms with E-state index in [1.54, 1.807) is 0 Å². The second-order valence-electron chi connectivity index (χ2n) is 8.95. The Balaban J connectivity index is 2.24. The second-order valence-corrected chi connectivity index (χ2v) is 11.6. The van der Waals surface area contributed by atoms with Crippen molar-refractivity contribution in [2.75, 3.05) is 0 Å². The largest absolute Gasteiger partial charge is 0.460 e. The van der Waals surface area contributed by atoms with Crippen LogP contribution in [0.15, 0.2) is 99.6 Å². The molecule has 19 heteroatoms. The highest BCUT2D eigenvalue weighted by Crippen LogP contribution is 2.70. The molecule has 0 unspecified atom stereocenters. The summed E-state index contributed by atoms with van der Waals surface area (Å²) in [6.45, 7) is 0. The second kappa shape index (κ2) is 11.3. The van der Waals surface area contributed by atoms with Gasteiger partial charge in [-0.1, -0.05) is 36.4 Å². The number of halogens is 16. The van der Waals surface area contributed by atoms with Crippen molar-refractivity contribution in [3.05, 3.63) is 90.7 Å². The predicted octanol–water partition coefficient (Wildman–Crippen LogP) is 9.94. The highest BCUT2D eigenvalue weighted by atomic mass is 32.3. The van der Waals surface area contributed by atoms with E-state index in [4.69, 9.17) is 4.18 Å². The van der Waals surface area contributed by atoms with Gasteiger partial charge in [0.05, 0.1) is 0 Å². The van der Waals surface area contributed by atoms with Crippen LogP contribution in [-0.4, -0.2) is 47.7 Å². The standard InChI is InChI=1S/C26H14F16O2S/c27-15-11-13-18(14-12-15)45(16-7-3-1-4-8-16,17-9-5-2-6-10-17)44-19(43)20(28,29)21(30,31)22(32,33)23(34,35)24(36,37)25(38,39)26(40,41)42/h1-14H. The van der Waals surface area contributed by atoms with Gasteiger partial charge in [0, 0.05) is 14.7 Å². The first kappa shape index (κ1) is 35.8. The lowest BCUT2D eigenvalue weighted by atomic mass is 9.91. The summed E-state index contributed by atoms with van der Waals surface area (Å²) in [5.74, 6) is -53.9. The van der Waals surface area contributed by atoms with Gasteiger partial charge in [0.1, 0.15) is 5.82 Å². The Bertz CT molecular complexity index is 1450. The fourth-order valence-electron chi connectivity index (χ4n) is 3.66. The molecule has 0 aliphatic rings. The molecule has 0 heterocycles. The molecule has 0 spiro atoms. The Morgan fingerprint density at radius 2 is 0.800 bits per heavy atom. The van der Waals surface area contributed by atoms with Gasteiger partial charge >= 0.3 is 47.7 Å². The van der Waals surface area contributed by atoms with Gasteiger partial charge in [0.2, 0.25) is 0 Å². The molecule has 0 aromatic heterocycles. The molecule has 0 fully saturated rings. The van der Waals surface area contributed by atoms with Gasteiger partial charge < -0.3 is 4.18 Å². The van der Waals surface area contributed by atoms with Crippen LogP contribution in [0.4, 0.5) is 70.2 Å². The third-order valence-electron chi connectivity index (χ3n) is 6.08. The van der Waals surface area contributed by atoms with Crippen molar-refractivity contribution in [1.29, 1.82) is 0 Å². The van der Waals surface area contributed by atoms with E-state index >= 15 is 0 Å². The zero-order valence-corrected chi connectivity index (χ0v) is 22.2. The summed E-state index contributed by atoms with van der Waals surface area (Å²) in [5, 5.41) is 0. The topological polar surface area (TPSA) is 26.3 Å². The Morgan fingerprint density at radius 1 is 0.467 bits per heavy atom. The molecule has 0 aliphatic heterocycles. The predicted molar refractivity (Wildman–Crippen MR) is 124 cm³/mol. The van der Waals surface area contributed by atoms with E-state index in [0.717, 1.165) is 36.4 Å². The van der Waals surface area contributed by atoms with Crippen LogP contribution in [0.2, 0.25) is 0 Å². The number of rotatable bonds is 10. The Labute approximate surface area is 243 Å². The number of benzene rings is 3. The summed E-state index contributed by atoms with van der Waals surface area (Å²) in [5.41, 5.74) is 0. The third kappa shape index (κ3) is 5.35. The smallest absolute Gasteiger partial charge is 0.397 e. The summed E-state index contributed by atoms with van der Waals surface area (Å²) in [7, 11) is -4.22. The molecule has 0 atom stereocenters. The summed E-state index contributed by atoms with van der Waals surface area (Å²) in [6.07, 6.45) is -7.77. The summed E-state index contributed by atoms with van der Waals surface area (Å²) >= 11 is 0. The first-order chi connectivity index (χ1) is 20.3. The molecular weight excluding hydrogens is 680 g/mol. The maximum Gasteiger partial charge on any atom is 0.460 e. The SMILES string of the molecule is O=C(OS(c1ccccc1)(c1ccccc1)c1ccc(F)cc1)C(F)(F)C(F)(F)C(F)(F)C(F)(F)C(F)(F)C(F)(F)C(F)(F)F. The van der Waals surface area contributed by atoms with Crippen LogP contribution in [0.3, 0.4) is 0 Å². The van der Waals surface area contributed by atoms with Gasteiger partial charge in [-0.25, -0.2) is 9.18 Å². The summed E-state index contributed by atoms with van der Waals surface area (Å²) in [6, 6.07) is 14.2. The number of hydrogen-bond donors (Lipinski definition) is 0. The summed E-state index contributed by atoms with van der Waals surface area (Å²) in [4.78, 5) is 11.5. The molecule has 0 bridgehead atoms. The minimum absolute atomic E-state index is 0.372. The van der Waals surface area contributed by atoms with Crippen LogP contribution >= 0.6 is 10.3 Å². The van der Waals surface area contributed by atoms with E-state index in [9.17, 15) is 75.0 Å². The van der Waals surface area contributed by atoms with Crippen LogP contribution in [0.5, 0.6) is 0 Å². The van der Waals surface area contributed by atoms with Gasteiger partial charge in [-0.2, -0.15) is 65.9 Å². The van der Waals surface area contributed by atoms with Gasteiger partial charge in [0.15, 0.2) is 0 Å². The van der Waals surface area contributed by atoms with E-state index in [2.05, 4.69) is 0 Å². The first-order valence-corrected chi connectivity index (χ1v) is 13.2. The average molecular weight is 694 g/mol. The molecule has 3 rings (SSSR count). The van der Waals surface area contributed by atoms with Crippen molar-refractivity contribution in [1.82, 2.24) is 0 Å². The molecular formula is C26H14F16O2S. The molecule has 45 heavy (non-hydrogen) atoms. The minimum atomic E-state index is -8.58. The molecule has 3 aromatic rings. The number of alkyl halides is 15. The Morgan fingerprint density at radius 3 is 1.18 bits per heavy atom. The normalized spacial score (nSPS) is 14.7. The van der Waals surface area contributed by atoms with E-state index < -0.39 is 68.7 Å². The molecule has 0 saturated heterocycles. The minimum Gasteiger partial charge on any atom is -0.397 e. The highest BCUT2D eigenvalue weighted by molar-refractivity contribution is 8.30. The maximum absolute atomic E-state index is 14.9. The van der Waals surface area contributed by atoms with Gasteiger partial charge in [-0.15, -0.1) is 0 Å². The fraction of sp³-hybridized carbons (Fsp3) is 0.269. The van der Waals surface area contributed by atoms with E-state index in [1.165, 1.54) is 36.4 Å². The van der Waals surface area contributed by atoms with Crippen molar-refractivity contribution in [3.63, 3.8) is 0 Å². The zero-order valence-electron chi connectivity index (χ0n) is 21.4. The number of hydrogen-bond acceptors (Lipinski definition) is 2. The van der Waals surface area contributed by atoms with Crippen molar-refractivity contribution in [2.45, 2.75) is 56.4 Å². The van der Waals surface area contributed by atoms with Gasteiger partial charge in [-0.05, 0) is 58.8 Å². The van der Waals surface area contributed by atoms with Crippen LogP contribution < -0.4 is 0 Å². The molecule has 0 N–H and O–H groups in total. The molecule has 248 valence electrons. The van der Waals surface area contributed by atoms with Crippen molar-refractivity contribution >= 4 is 16.3 Å². The monoisotopic (exact) mass is 694 g/mol. The van der Waals surface area contributed by atoms with Crippen molar-refractivity contribution in [2.24, 2.45) is 0 Å². The lowest BCUT2D eigenvalue weighted by Crippen LogP contribution is -2.73. The zero-order chi connectivity index (χ0) is 34.5. The van der Waals surface area contributed by atoms with Crippen LogP contribution in [0, 0.1) is 5.82 Å². The van der Waals surface area contributed by atoms with Crippen LogP contribution in [0.1, 0.15) is 0 Å². The first-order valence-electron chi connectivity index (χ1n) is 11.6. The molecule has 2 nitrogen and oxygen atoms in total.